The number of rotatable bonds is 6. The third-order valence-corrected chi connectivity index (χ3v) is 5.22. The lowest BCUT2D eigenvalue weighted by Crippen LogP contribution is -2.22. The van der Waals surface area contributed by atoms with Gasteiger partial charge in [-0.1, -0.05) is 11.6 Å². The van der Waals surface area contributed by atoms with Crippen LogP contribution in [-0.2, 0) is 5.66 Å². The maximum Gasteiger partial charge on any atom is 0.319 e. The highest BCUT2D eigenvalue weighted by molar-refractivity contribution is 6.31. The van der Waals surface area contributed by atoms with Crippen LogP contribution in [0.4, 0.5) is 11.6 Å². The van der Waals surface area contributed by atoms with Gasteiger partial charge in [-0.25, -0.2) is 11.6 Å². The van der Waals surface area contributed by atoms with Gasteiger partial charge in [-0.15, -0.1) is 0 Å². The highest BCUT2D eigenvalue weighted by Crippen LogP contribution is 2.29. The molecule has 0 spiro atoms. The van der Waals surface area contributed by atoms with E-state index in [1.807, 2.05) is 6.92 Å². The molecule has 0 atom stereocenters. The highest BCUT2D eigenvalue weighted by atomic mass is 35.5. The number of aryl methyl sites for hydroxylation is 1. The summed E-state index contributed by atoms with van der Waals surface area (Å²) in [4.78, 5) is 12.2. The molecule has 0 unspecified atom stereocenters. The second kappa shape index (κ2) is 8.33. The van der Waals surface area contributed by atoms with E-state index >= 15 is 0 Å². The molecule has 0 radical (unpaired) electrons. The number of hydrogen-bond acceptors (Lipinski definition) is 6. The van der Waals surface area contributed by atoms with Gasteiger partial charge < -0.3 is 15.2 Å². The maximum atomic E-state index is 9.61. The van der Waals surface area contributed by atoms with E-state index < -0.39 is 5.66 Å². The van der Waals surface area contributed by atoms with Gasteiger partial charge in [-0.05, 0) is 38.5 Å². The molecule has 2 aromatic heterocycles. The normalized spacial score (nSPS) is 19.9. The summed E-state index contributed by atoms with van der Waals surface area (Å²) in [5, 5.41) is 17.5. The smallest absolute Gasteiger partial charge is 0.319 e. The van der Waals surface area contributed by atoms with Gasteiger partial charge in [0.1, 0.15) is 5.02 Å². The first-order valence-corrected chi connectivity index (χ1v) is 9.72. The molecule has 0 aliphatic heterocycles. The second-order valence-electron chi connectivity index (χ2n) is 7.64. The Morgan fingerprint density at radius 3 is 2.79 bits per heavy atom. The quantitative estimate of drug-likeness (QED) is 0.709. The Bertz CT molecular complexity index is 868. The summed E-state index contributed by atoms with van der Waals surface area (Å²) in [5.41, 5.74) is 0.678. The summed E-state index contributed by atoms with van der Waals surface area (Å²) in [6, 6.07) is 0. The number of aliphatic hydroxyl groups is 1. The van der Waals surface area contributed by atoms with E-state index in [0.717, 1.165) is 31.4 Å². The predicted molar refractivity (Wildman–Crippen MR) is 107 cm³/mol. The van der Waals surface area contributed by atoms with Crippen LogP contribution in [0.5, 0.6) is 5.88 Å². The van der Waals surface area contributed by atoms with Gasteiger partial charge in [-0.3, -0.25) is 4.85 Å². The second-order valence-corrected chi connectivity index (χ2v) is 8.04. The minimum atomic E-state index is -0.770. The zero-order valence-corrected chi connectivity index (χ0v) is 17.1. The Kier molecular flexibility index (Phi) is 6.06. The third kappa shape index (κ3) is 4.72. The molecule has 28 heavy (non-hydrogen) atoms. The van der Waals surface area contributed by atoms with Crippen LogP contribution in [-0.4, -0.2) is 37.6 Å². The van der Waals surface area contributed by atoms with Crippen molar-refractivity contribution >= 4 is 23.2 Å². The Morgan fingerprint density at radius 2 is 2.11 bits per heavy atom. The van der Waals surface area contributed by atoms with E-state index in [2.05, 4.69) is 25.2 Å². The largest absolute Gasteiger partial charge is 0.476 e. The van der Waals surface area contributed by atoms with Gasteiger partial charge >= 0.3 is 5.66 Å². The van der Waals surface area contributed by atoms with Crippen LogP contribution in [0.1, 0.15) is 45.2 Å². The SMILES string of the molecule is [C-]#[N+]C(C)(C)n1cc(Nc2ncc(Cl)c(OCC3CCC(O)CC3)n2)c(C)n1. The van der Waals surface area contributed by atoms with E-state index in [1.54, 1.807) is 24.7 Å². The Labute approximate surface area is 169 Å². The van der Waals surface area contributed by atoms with Crippen molar-refractivity contribution in [1.29, 1.82) is 0 Å². The summed E-state index contributed by atoms with van der Waals surface area (Å²) in [7, 11) is 0. The zero-order chi connectivity index (χ0) is 20.3. The van der Waals surface area contributed by atoms with E-state index in [0.29, 0.717) is 35.1 Å². The topological polar surface area (TPSA) is 89.5 Å². The zero-order valence-electron chi connectivity index (χ0n) is 16.3. The number of aromatic nitrogens is 4. The van der Waals surface area contributed by atoms with Crippen LogP contribution in [0, 0.1) is 19.4 Å². The summed E-state index contributed by atoms with van der Waals surface area (Å²) in [5.74, 6) is 1.07. The Morgan fingerprint density at radius 1 is 1.39 bits per heavy atom. The number of hydrogen-bond donors (Lipinski definition) is 2. The monoisotopic (exact) mass is 404 g/mol. The lowest BCUT2D eigenvalue weighted by atomic mass is 9.88. The molecular formula is C19H25ClN6O2. The van der Waals surface area contributed by atoms with Crippen molar-refractivity contribution in [2.75, 3.05) is 11.9 Å². The molecule has 1 saturated carbocycles. The van der Waals surface area contributed by atoms with Gasteiger partial charge in [0, 0.05) is 13.8 Å². The molecule has 2 heterocycles. The van der Waals surface area contributed by atoms with Crippen molar-refractivity contribution in [3.05, 3.63) is 34.5 Å². The highest BCUT2D eigenvalue weighted by Gasteiger charge is 2.27. The average molecular weight is 405 g/mol. The van der Waals surface area contributed by atoms with E-state index in [9.17, 15) is 5.11 Å². The summed E-state index contributed by atoms with van der Waals surface area (Å²) < 4.78 is 7.45. The molecule has 0 aromatic carbocycles. The van der Waals surface area contributed by atoms with E-state index in [4.69, 9.17) is 22.9 Å². The summed E-state index contributed by atoms with van der Waals surface area (Å²) >= 11 is 6.19. The van der Waals surface area contributed by atoms with Crippen molar-refractivity contribution in [3.8, 4) is 5.88 Å². The van der Waals surface area contributed by atoms with E-state index in [-0.39, 0.29) is 6.10 Å². The van der Waals surface area contributed by atoms with Crippen LogP contribution in [0.3, 0.4) is 0 Å². The van der Waals surface area contributed by atoms with E-state index in [1.165, 1.54) is 6.20 Å². The summed E-state index contributed by atoms with van der Waals surface area (Å²) in [6.07, 6.45) is 6.56. The lowest BCUT2D eigenvalue weighted by Gasteiger charge is -2.25. The number of nitrogens with zero attached hydrogens (tertiary/aromatic N) is 5. The molecule has 0 amide bonds. The van der Waals surface area contributed by atoms with Crippen LogP contribution in [0.25, 0.3) is 4.85 Å². The van der Waals surface area contributed by atoms with Crippen molar-refractivity contribution in [2.45, 2.75) is 58.2 Å². The molecule has 2 N–H and O–H groups in total. The van der Waals surface area contributed by atoms with Crippen molar-refractivity contribution in [3.63, 3.8) is 0 Å². The van der Waals surface area contributed by atoms with Crippen molar-refractivity contribution in [2.24, 2.45) is 5.92 Å². The number of anilines is 2. The fourth-order valence-corrected chi connectivity index (χ4v) is 3.20. The van der Waals surface area contributed by atoms with Gasteiger partial charge in [0.25, 0.3) is 0 Å². The minimum absolute atomic E-state index is 0.188. The van der Waals surface area contributed by atoms with Crippen LogP contribution >= 0.6 is 11.6 Å². The maximum absolute atomic E-state index is 9.61. The molecule has 150 valence electrons. The molecule has 2 aromatic rings. The van der Waals surface area contributed by atoms with Crippen LogP contribution < -0.4 is 10.1 Å². The standard InChI is InChI=1S/C19H25ClN6O2/c1-12-16(10-26(25-12)19(2,3)21-4)23-18-22-9-15(20)17(24-18)28-11-13-5-7-14(27)8-6-13/h9-10,13-14,27H,5-8,11H2,1-3H3,(H,22,23,24). The fraction of sp³-hybridized carbons (Fsp3) is 0.579. The van der Waals surface area contributed by atoms with Crippen molar-refractivity contribution < 1.29 is 9.84 Å². The predicted octanol–water partition coefficient (Wildman–Crippen LogP) is 3.92. The van der Waals surface area contributed by atoms with Gasteiger partial charge in [-0.2, -0.15) is 14.8 Å². The molecule has 0 saturated heterocycles. The van der Waals surface area contributed by atoms with Crippen LogP contribution in [0.15, 0.2) is 12.4 Å². The van der Waals surface area contributed by atoms with Crippen molar-refractivity contribution in [1.82, 2.24) is 19.7 Å². The molecule has 9 heteroatoms. The van der Waals surface area contributed by atoms with Gasteiger partial charge in [0.15, 0.2) is 0 Å². The Balaban J connectivity index is 1.69. The molecule has 0 bridgehead atoms. The van der Waals surface area contributed by atoms with Gasteiger partial charge in [0.2, 0.25) is 11.8 Å². The number of ether oxygens (including phenoxy) is 1. The molecule has 1 aliphatic carbocycles. The molecule has 3 rings (SSSR count). The summed E-state index contributed by atoms with van der Waals surface area (Å²) in [6.45, 7) is 13.3. The first-order valence-electron chi connectivity index (χ1n) is 9.34. The lowest BCUT2D eigenvalue weighted by molar-refractivity contribution is 0.0909. The minimum Gasteiger partial charge on any atom is -0.476 e. The molecule has 8 nitrogen and oxygen atoms in total. The average Bonchev–Trinajstić information content (AvgIpc) is 3.05. The molecule has 1 aliphatic rings. The number of nitrogens with one attached hydrogen (secondary N) is 1. The molecule has 1 fully saturated rings. The third-order valence-electron chi connectivity index (χ3n) is 4.96. The molecular weight excluding hydrogens is 380 g/mol. The van der Waals surface area contributed by atoms with Crippen LogP contribution in [0.2, 0.25) is 5.02 Å². The first-order chi connectivity index (χ1) is 13.3. The fourth-order valence-electron chi connectivity index (χ4n) is 3.06. The number of halogens is 1. The first kappa shape index (κ1) is 20.4. The number of aliphatic hydroxyl groups excluding tert-OH is 1. The Hall–Kier alpha value is -2.37. The van der Waals surface area contributed by atoms with Gasteiger partial charge in [0.05, 0.1) is 36.5 Å².